The zero-order valence-electron chi connectivity index (χ0n) is 24.2. The van der Waals surface area contributed by atoms with Crippen molar-refractivity contribution in [3.05, 3.63) is 69.2 Å². The molecule has 2 aromatic carbocycles. The van der Waals surface area contributed by atoms with Crippen LogP contribution in [0.2, 0.25) is 10.0 Å². The minimum absolute atomic E-state index is 0.0464. The van der Waals surface area contributed by atoms with E-state index < -0.39 is 63.5 Å². The summed E-state index contributed by atoms with van der Waals surface area (Å²) in [7, 11) is 0. The molecule has 44 heavy (non-hydrogen) atoms. The van der Waals surface area contributed by atoms with Gasteiger partial charge in [-0.2, -0.15) is 18.4 Å². The first-order valence-electron chi connectivity index (χ1n) is 13.9. The van der Waals surface area contributed by atoms with Gasteiger partial charge in [0.2, 0.25) is 0 Å². The lowest BCUT2D eigenvalue weighted by Gasteiger charge is -2.38. The number of alkyl halides is 3. The van der Waals surface area contributed by atoms with Crippen molar-refractivity contribution in [3.8, 4) is 6.07 Å². The number of hydrazine groups is 1. The van der Waals surface area contributed by atoms with Crippen molar-refractivity contribution in [1.29, 1.82) is 5.26 Å². The van der Waals surface area contributed by atoms with E-state index in [0.29, 0.717) is 18.2 Å². The number of amides is 1. The van der Waals surface area contributed by atoms with Crippen LogP contribution in [0, 0.1) is 28.4 Å². The van der Waals surface area contributed by atoms with Gasteiger partial charge < -0.3 is 4.84 Å². The Kier molecular flexibility index (Phi) is 9.86. The lowest BCUT2D eigenvalue weighted by molar-refractivity contribution is -0.250. The number of piperidine rings is 1. The van der Waals surface area contributed by atoms with Crippen LogP contribution in [0.25, 0.3) is 0 Å². The van der Waals surface area contributed by atoms with Gasteiger partial charge in [0.05, 0.1) is 17.1 Å². The second-order valence-electron chi connectivity index (χ2n) is 12.2. The zero-order chi connectivity index (χ0) is 32.6. The molecule has 2 aliphatic rings. The van der Waals surface area contributed by atoms with Gasteiger partial charge >= 0.3 is 12.1 Å². The molecule has 0 unspecified atom stereocenters. The van der Waals surface area contributed by atoms with E-state index in [1.54, 1.807) is 25.8 Å². The molecule has 0 bridgehead atoms. The van der Waals surface area contributed by atoms with E-state index >= 15 is 8.78 Å². The molecule has 0 aliphatic carbocycles. The molecular weight excluding hydrogens is 630 g/mol. The molecule has 0 spiro atoms. The summed E-state index contributed by atoms with van der Waals surface area (Å²) < 4.78 is 72.9. The van der Waals surface area contributed by atoms with Crippen molar-refractivity contribution < 1.29 is 36.4 Å². The third-order valence-electron chi connectivity index (χ3n) is 7.91. The summed E-state index contributed by atoms with van der Waals surface area (Å²) >= 11 is 12.1. The van der Waals surface area contributed by atoms with Crippen molar-refractivity contribution >= 4 is 35.1 Å². The van der Waals surface area contributed by atoms with Crippen LogP contribution < -0.4 is 5.43 Å². The Balaban J connectivity index is 2.08. The van der Waals surface area contributed by atoms with E-state index in [2.05, 4.69) is 11.5 Å². The van der Waals surface area contributed by atoms with Crippen LogP contribution in [0.15, 0.2) is 36.4 Å². The van der Waals surface area contributed by atoms with E-state index in [1.807, 2.05) is 0 Å². The van der Waals surface area contributed by atoms with Crippen LogP contribution in [0.5, 0.6) is 0 Å². The lowest BCUT2D eigenvalue weighted by Crippen LogP contribution is -2.55. The number of hydroxylamine groups is 2. The van der Waals surface area contributed by atoms with E-state index in [0.717, 1.165) is 25.3 Å². The summed E-state index contributed by atoms with van der Waals surface area (Å²) in [5.74, 6) is -7.45. The Morgan fingerprint density at radius 3 is 2.32 bits per heavy atom. The number of nitrogens with zero attached hydrogens (tertiary/aromatic N) is 3. The normalized spacial score (nSPS) is 25.0. The highest BCUT2D eigenvalue weighted by molar-refractivity contribution is 6.31. The maximum Gasteiger partial charge on any atom is 0.492 e. The molecule has 238 valence electrons. The highest BCUT2D eigenvalue weighted by Crippen LogP contribution is 2.57. The van der Waals surface area contributed by atoms with Crippen LogP contribution in [0.4, 0.5) is 22.0 Å². The Bertz CT molecular complexity index is 1460. The average Bonchev–Trinajstić information content (AvgIpc) is 3.18. The van der Waals surface area contributed by atoms with Crippen LogP contribution in [-0.4, -0.2) is 53.3 Å². The maximum absolute atomic E-state index is 15.9. The molecule has 2 saturated heterocycles. The molecule has 4 rings (SSSR count). The molecule has 14 heteroatoms. The second kappa shape index (κ2) is 12.8. The van der Waals surface area contributed by atoms with Crippen molar-refractivity contribution in [3.63, 3.8) is 0 Å². The van der Waals surface area contributed by atoms with Gasteiger partial charge in [0.25, 0.3) is 5.91 Å². The summed E-state index contributed by atoms with van der Waals surface area (Å²) in [6, 6.07) is 5.64. The Hall–Kier alpha value is -2.98. The Morgan fingerprint density at radius 1 is 1.09 bits per heavy atom. The van der Waals surface area contributed by atoms with Crippen LogP contribution in [-0.2, 0) is 19.8 Å². The van der Waals surface area contributed by atoms with E-state index in [4.69, 9.17) is 28.0 Å². The number of benzene rings is 2. The highest BCUT2D eigenvalue weighted by atomic mass is 35.5. The Labute approximate surface area is 261 Å². The Morgan fingerprint density at radius 2 is 1.75 bits per heavy atom. The van der Waals surface area contributed by atoms with Crippen LogP contribution >= 0.6 is 23.2 Å². The molecule has 2 fully saturated rings. The molecule has 1 N–H and O–H groups in total. The third kappa shape index (κ3) is 6.66. The lowest BCUT2D eigenvalue weighted by atomic mass is 9.62. The number of nitriles is 1. The molecule has 7 nitrogen and oxygen atoms in total. The quantitative estimate of drug-likeness (QED) is 0.342. The minimum atomic E-state index is -5.50. The molecule has 2 aromatic rings. The molecule has 4 atom stereocenters. The largest absolute Gasteiger partial charge is 0.492 e. The molecule has 0 aromatic heterocycles. The first-order chi connectivity index (χ1) is 20.5. The van der Waals surface area contributed by atoms with Gasteiger partial charge in [-0.1, -0.05) is 68.6 Å². The number of halogens is 7. The summed E-state index contributed by atoms with van der Waals surface area (Å²) in [6.07, 6.45) is -3.37. The fourth-order valence-electron chi connectivity index (χ4n) is 6.14. The number of rotatable bonds is 6. The smallest absolute Gasteiger partial charge is 0.360 e. The first-order valence-corrected chi connectivity index (χ1v) is 14.7. The SMILES string of the molecule is CC(C)(C)C[C@@H]1N(OC(=O)C(F)(F)F)[C@@H](C(=O)NN2CCCCC2)[C@H](c2cccc(Cl)c2F)[C@@]1(C#N)c1ccc(Cl)cc1F. The fourth-order valence-corrected chi connectivity index (χ4v) is 6.48. The number of nitrogens with one attached hydrogen (secondary N) is 1. The van der Waals surface area contributed by atoms with Gasteiger partial charge in [-0.3, -0.25) is 10.2 Å². The number of hydrogen-bond donors (Lipinski definition) is 1. The van der Waals surface area contributed by atoms with Gasteiger partial charge in [0, 0.05) is 29.6 Å². The average molecular weight is 661 g/mol. The molecule has 0 radical (unpaired) electrons. The maximum atomic E-state index is 15.9. The summed E-state index contributed by atoms with van der Waals surface area (Å²) in [5, 5.41) is 12.6. The van der Waals surface area contributed by atoms with Gasteiger partial charge in [0.1, 0.15) is 23.1 Å². The van der Waals surface area contributed by atoms with Gasteiger partial charge in [-0.15, -0.1) is 5.06 Å². The predicted molar refractivity (Wildman–Crippen MR) is 152 cm³/mol. The summed E-state index contributed by atoms with van der Waals surface area (Å²) in [4.78, 5) is 31.5. The van der Waals surface area contributed by atoms with Crippen LogP contribution in [0.3, 0.4) is 0 Å². The highest BCUT2D eigenvalue weighted by Gasteiger charge is 2.67. The van der Waals surface area contributed by atoms with Crippen molar-refractivity contribution in [2.24, 2.45) is 5.41 Å². The molecular formula is C30H31Cl2F5N4O3. The standard InChI is InChI=1S/C30H31Cl2F5N4O3/c1-28(2,3)15-22-29(16-38,19-11-10-17(31)14-21(19)33)23(18-8-7-9-20(32)24(18)34)25(41(22)44-27(43)30(35,36)37)26(42)39-40-12-5-4-6-13-40/h7-11,14,22-23,25H,4-6,12-13,15H2,1-3H3,(H,39,42)/t22-,23-,25+,29-/m0/s1. The molecule has 1 amide bonds. The number of hydrogen-bond acceptors (Lipinski definition) is 6. The van der Waals surface area contributed by atoms with Gasteiger partial charge in [0.15, 0.2) is 0 Å². The number of carbonyl (C=O) groups is 2. The van der Waals surface area contributed by atoms with E-state index in [9.17, 15) is 28.0 Å². The number of carbonyl (C=O) groups excluding carboxylic acids is 2. The molecule has 2 aliphatic heterocycles. The van der Waals surface area contributed by atoms with Crippen molar-refractivity contribution in [2.45, 2.75) is 76.0 Å². The predicted octanol–water partition coefficient (Wildman–Crippen LogP) is 6.84. The minimum Gasteiger partial charge on any atom is -0.360 e. The van der Waals surface area contributed by atoms with Gasteiger partial charge in [-0.25, -0.2) is 18.6 Å². The third-order valence-corrected chi connectivity index (χ3v) is 8.44. The van der Waals surface area contributed by atoms with E-state index in [1.165, 1.54) is 30.3 Å². The molecule has 2 heterocycles. The zero-order valence-corrected chi connectivity index (χ0v) is 25.7. The summed E-state index contributed by atoms with van der Waals surface area (Å²) in [5.41, 5.74) is -1.16. The first kappa shape index (κ1) is 33.9. The second-order valence-corrected chi connectivity index (χ2v) is 13.1. The molecule has 0 saturated carbocycles. The van der Waals surface area contributed by atoms with Crippen molar-refractivity contribution in [1.82, 2.24) is 15.5 Å². The van der Waals surface area contributed by atoms with E-state index in [-0.39, 0.29) is 22.6 Å². The van der Waals surface area contributed by atoms with Crippen LogP contribution in [0.1, 0.15) is 63.5 Å². The topological polar surface area (TPSA) is 85.7 Å². The summed E-state index contributed by atoms with van der Waals surface area (Å²) in [6.45, 7) is 5.93. The monoisotopic (exact) mass is 660 g/mol. The van der Waals surface area contributed by atoms with Gasteiger partial charge in [-0.05, 0) is 48.4 Å². The fraction of sp³-hybridized carbons (Fsp3) is 0.500. The van der Waals surface area contributed by atoms with Crippen molar-refractivity contribution in [2.75, 3.05) is 13.1 Å².